The molecule has 17 heavy (non-hydrogen) atoms. The van der Waals surface area contributed by atoms with Gasteiger partial charge in [-0.3, -0.25) is 0 Å². The maximum Gasteiger partial charge on any atom is 0.135 e. The Bertz CT molecular complexity index is 396. The Kier molecular flexibility index (Phi) is 2.97. The molecule has 2 aliphatic rings. The zero-order valence-electron chi connectivity index (χ0n) is 10.4. The van der Waals surface area contributed by atoms with Crippen molar-refractivity contribution >= 4 is 5.82 Å². The van der Waals surface area contributed by atoms with Crippen LogP contribution >= 0.6 is 0 Å². The van der Waals surface area contributed by atoms with Crippen LogP contribution in [0.4, 0.5) is 5.82 Å². The Morgan fingerprint density at radius 2 is 2.12 bits per heavy atom. The fraction of sp³-hybridized carbons (Fsp3) is 0.692. The molecule has 1 aromatic rings. The molecule has 1 aromatic heterocycles. The van der Waals surface area contributed by atoms with Crippen LogP contribution < -0.4 is 10.2 Å². The lowest BCUT2D eigenvalue weighted by molar-refractivity contribution is 0.435. The summed E-state index contributed by atoms with van der Waals surface area (Å²) in [5.41, 5.74) is 2.57. The molecule has 0 aromatic carbocycles. The van der Waals surface area contributed by atoms with Crippen molar-refractivity contribution in [1.82, 2.24) is 15.3 Å². The largest absolute Gasteiger partial charge is 0.356 e. The van der Waals surface area contributed by atoms with Gasteiger partial charge in [0.1, 0.15) is 12.1 Å². The van der Waals surface area contributed by atoms with E-state index in [1.807, 2.05) is 0 Å². The lowest BCUT2D eigenvalue weighted by Gasteiger charge is -2.33. The molecule has 3 heterocycles. The van der Waals surface area contributed by atoms with E-state index >= 15 is 0 Å². The van der Waals surface area contributed by atoms with E-state index in [-0.39, 0.29) is 0 Å². The van der Waals surface area contributed by atoms with E-state index < -0.39 is 0 Å². The Labute approximate surface area is 102 Å². The number of piperidine rings is 1. The van der Waals surface area contributed by atoms with Crippen LogP contribution in [0.2, 0.25) is 0 Å². The van der Waals surface area contributed by atoms with Crippen LogP contribution in [0.15, 0.2) is 6.33 Å². The summed E-state index contributed by atoms with van der Waals surface area (Å²) in [4.78, 5) is 11.4. The highest BCUT2D eigenvalue weighted by atomic mass is 15.2. The number of rotatable bonds is 1. The van der Waals surface area contributed by atoms with Crippen LogP contribution in [0, 0.1) is 5.92 Å². The summed E-state index contributed by atoms with van der Waals surface area (Å²) in [6.45, 7) is 6.60. The van der Waals surface area contributed by atoms with Crippen molar-refractivity contribution in [3.63, 3.8) is 0 Å². The summed E-state index contributed by atoms with van der Waals surface area (Å²) >= 11 is 0. The maximum atomic E-state index is 4.53. The minimum Gasteiger partial charge on any atom is -0.356 e. The van der Waals surface area contributed by atoms with Gasteiger partial charge in [0.05, 0.1) is 5.69 Å². The molecule has 92 valence electrons. The quantitative estimate of drug-likeness (QED) is 0.794. The summed E-state index contributed by atoms with van der Waals surface area (Å²) in [6.07, 6.45) is 5.37. The van der Waals surface area contributed by atoms with Crippen molar-refractivity contribution in [1.29, 1.82) is 0 Å². The molecule has 0 aliphatic carbocycles. The normalized spacial score (nSPS) is 21.4. The number of anilines is 1. The van der Waals surface area contributed by atoms with E-state index in [1.54, 1.807) is 6.33 Å². The summed E-state index contributed by atoms with van der Waals surface area (Å²) < 4.78 is 0. The van der Waals surface area contributed by atoms with Crippen molar-refractivity contribution in [2.24, 2.45) is 5.92 Å². The predicted octanol–water partition coefficient (Wildman–Crippen LogP) is 1.36. The Hall–Kier alpha value is -1.16. The van der Waals surface area contributed by atoms with Crippen LogP contribution in [0.5, 0.6) is 0 Å². The topological polar surface area (TPSA) is 41.1 Å². The summed E-state index contributed by atoms with van der Waals surface area (Å²) in [6, 6.07) is 0. The van der Waals surface area contributed by atoms with Gasteiger partial charge in [0.15, 0.2) is 0 Å². The van der Waals surface area contributed by atoms with Gasteiger partial charge in [-0.25, -0.2) is 9.97 Å². The van der Waals surface area contributed by atoms with Gasteiger partial charge in [-0.15, -0.1) is 0 Å². The number of hydrogen-bond acceptors (Lipinski definition) is 4. The van der Waals surface area contributed by atoms with Crippen molar-refractivity contribution < 1.29 is 0 Å². The van der Waals surface area contributed by atoms with Crippen molar-refractivity contribution in [2.75, 3.05) is 24.5 Å². The van der Waals surface area contributed by atoms with Crippen LogP contribution in [0.25, 0.3) is 0 Å². The second-order valence-corrected chi connectivity index (χ2v) is 5.22. The van der Waals surface area contributed by atoms with Crippen molar-refractivity contribution in [3.8, 4) is 0 Å². The molecule has 2 aliphatic heterocycles. The van der Waals surface area contributed by atoms with Crippen molar-refractivity contribution in [3.05, 3.63) is 17.6 Å². The van der Waals surface area contributed by atoms with E-state index in [2.05, 4.69) is 27.1 Å². The van der Waals surface area contributed by atoms with Crippen LogP contribution in [-0.2, 0) is 13.0 Å². The predicted molar refractivity (Wildman–Crippen MR) is 68.1 cm³/mol. The van der Waals surface area contributed by atoms with Gasteiger partial charge < -0.3 is 10.2 Å². The molecular formula is C13H20N4. The fourth-order valence-electron chi connectivity index (χ4n) is 2.76. The first-order chi connectivity index (χ1) is 8.34. The number of fused-ring (bicyclic) bond motifs is 1. The van der Waals surface area contributed by atoms with Crippen molar-refractivity contribution in [2.45, 2.75) is 32.7 Å². The highest BCUT2D eigenvalue weighted by molar-refractivity contribution is 5.49. The minimum atomic E-state index is 0.866. The third-order valence-corrected chi connectivity index (χ3v) is 3.94. The van der Waals surface area contributed by atoms with Crippen LogP contribution in [0.3, 0.4) is 0 Å². The van der Waals surface area contributed by atoms with E-state index in [0.29, 0.717) is 0 Å². The number of hydrogen-bond donors (Lipinski definition) is 1. The maximum absolute atomic E-state index is 4.53. The van der Waals surface area contributed by atoms with Gasteiger partial charge in [-0.05, 0) is 31.7 Å². The standard InChI is InChI=1S/C13H20N4/c1-10-3-6-17(7-4-10)13-11-2-5-14-8-12(11)15-9-16-13/h9-10,14H,2-8H2,1H3. The first-order valence-corrected chi connectivity index (χ1v) is 6.63. The van der Waals surface area contributed by atoms with E-state index in [1.165, 1.54) is 29.9 Å². The molecule has 4 heteroatoms. The molecule has 0 saturated carbocycles. The molecule has 0 spiro atoms. The van der Waals surface area contributed by atoms with E-state index in [4.69, 9.17) is 0 Å². The average Bonchev–Trinajstić information content (AvgIpc) is 2.39. The molecule has 0 radical (unpaired) electrons. The molecule has 0 bridgehead atoms. The van der Waals surface area contributed by atoms with Gasteiger partial charge in [-0.2, -0.15) is 0 Å². The zero-order chi connectivity index (χ0) is 11.7. The Morgan fingerprint density at radius 3 is 2.94 bits per heavy atom. The van der Waals surface area contributed by atoms with Gasteiger partial charge >= 0.3 is 0 Å². The van der Waals surface area contributed by atoms with E-state index in [0.717, 1.165) is 38.5 Å². The van der Waals surface area contributed by atoms with Crippen LogP contribution in [-0.4, -0.2) is 29.6 Å². The summed E-state index contributed by atoms with van der Waals surface area (Å²) in [5.74, 6) is 2.06. The Balaban J connectivity index is 1.87. The lowest BCUT2D eigenvalue weighted by Crippen LogP contribution is -2.36. The van der Waals surface area contributed by atoms with Gasteiger partial charge in [-0.1, -0.05) is 6.92 Å². The number of nitrogens with one attached hydrogen (secondary N) is 1. The molecule has 0 unspecified atom stereocenters. The average molecular weight is 232 g/mol. The monoisotopic (exact) mass is 232 g/mol. The molecule has 3 rings (SSSR count). The first kappa shape index (κ1) is 11.0. The first-order valence-electron chi connectivity index (χ1n) is 6.63. The second-order valence-electron chi connectivity index (χ2n) is 5.22. The number of aromatic nitrogens is 2. The second kappa shape index (κ2) is 4.61. The number of nitrogens with zero attached hydrogens (tertiary/aromatic N) is 3. The molecular weight excluding hydrogens is 212 g/mol. The molecule has 4 nitrogen and oxygen atoms in total. The van der Waals surface area contributed by atoms with E-state index in [9.17, 15) is 0 Å². The molecule has 0 atom stereocenters. The Morgan fingerprint density at radius 1 is 1.29 bits per heavy atom. The smallest absolute Gasteiger partial charge is 0.135 e. The highest BCUT2D eigenvalue weighted by Crippen LogP contribution is 2.26. The van der Waals surface area contributed by atoms with Gasteiger partial charge in [0.25, 0.3) is 0 Å². The molecule has 1 N–H and O–H groups in total. The third kappa shape index (κ3) is 2.14. The lowest BCUT2D eigenvalue weighted by atomic mass is 9.98. The van der Waals surface area contributed by atoms with Crippen LogP contribution in [0.1, 0.15) is 31.0 Å². The van der Waals surface area contributed by atoms with Gasteiger partial charge in [0.2, 0.25) is 0 Å². The highest BCUT2D eigenvalue weighted by Gasteiger charge is 2.22. The summed E-state index contributed by atoms with van der Waals surface area (Å²) in [5, 5.41) is 3.37. The summed E-state index contributed by atoms with van der Waals surface area (Å²) in [7, 11) is 0. The van der Waals surface area contributed by atoms with Gasteiger partial charge in [0, 0.05) is 25.2 Å². The SMILES string of the molecule is CC1CCN(c2ncnc3c2CCNC3)CC1. The molecule has 1 fully saturated rings. The molecule has 1 saturated heterocycles. The minimum absolute atomic E-state index is 0.866. The zero-order valence-corrected chi connectivity index (χ0v) is 10.4. The molecule has 0 amide bonds. The fourth-order valence-corrected chi connectivity index (χ4v) is 2.76. The third-order valence-electron chi connectivity index (χ3n) is 3.94.